The average molecular weight is 316 g/mol. The minimum Gasteiger partial charge on any atom is -0.380 e. The smallest absolute Gasteiger partial charge is 0.258 e. The number of ether oxygens (including phenoxy) is 1. The number of likely N-dealkylation sites (tertiary alicyclic amines) is 1. The fourth-order valence-corrected chi connectivity index (χ4v) is 2.61. The molecule has 3 nitrogen and oxygen atoms in total. The molecule has 0 spiro atoms. The monoisotopic (exact) mass is 315 g/mol. The number of benzene rings is 1. The molecule has 0 aromatic heterocycles. The van der Waals surface area contributed by atoms with Crippen molar-refractivity contribution in [1.82, 2.24) is 4.90 Å². The highest BCUT2D eigenvalue weighted by atomic mass is 79.9. The third-order valence-electron chi connectivity index (χ3n) is 3.26. The highest BCUT2D eigenvalue weighted by molar-refractivity contribution is 9.10. The molecule has 1 saturated heterocycles. The molecule has 0 unspecified atom stereocenters. The van der Waals surface area contributed by atoms with Gasteiger partial charge in [0.15, 0.2) is 0 Å². The van der Waals surface area contributed by atoms with E-state index < -0.39 is 5.82 Å². The molecule has 0 radical (unpaired) electrons. The first-order chi connectivity index (χ1) is 8.54. The van der Waals surface area contributed by atoms with Crippen LogP contribution in [0.4, 0.5) is 4.39 Å². The molecule has 1 atom stereocenters. The van der Waals surface area contributed by atoms with Crippen molar-refractivity contribution in [3.8, 4) is 0 Å². The van der Waals surface area contributed by atoms with Gasteiger partial charge in [0.05, 0.1) is 11.7 Å². The maximum absolute atomic E-state index is 13.8. The van der Waals surface area contributed by atoms with Gasteiger partial charge in [-0.05, 0) is 40.9 Å². The van der Waals surface area contributed by atoms with Gasteiger partial charge in [-0.25, -0.2) is 4.39 Å². The fraction of sp³-hybridized carbons (Fsp3) is 0.462. The molecule has 0 saturated carbocycles. The van der Waals surface area contributed by atoms with Crippen LogP contribution in [0.2, 0.25) is 0 Å². The lowest BCUT2D eigenvalue weighted by atomic mass is 10.1. The normalized spacial score (nSPS) is 19.3. The van der Waals surface area contributed by atoms with E-state index in [0.29, 0.717) is 17.6 Å². The third kappa shape index (κ3) is 2.42. The van der Waals surface area contributed by atoms with Crippen LogP contribution in [0, 0.1) is 12.7 Å². The van der Waals surface area contributed by atoms with E-state index in [9.17, 15) is 9.18 Å². The van der Waals surface area contributed by atoms with Crippen LogP contribution in [0.15, 0.2) is 16.6 Å². The van der Waals surface area contributed by atoms with Crippen molar-refractivity contribution in [3.05, 3.63) is 33.5 Å². The number of nitrogens with zero attached hydrogens (tertiary/aromatic N) is 1. The summed E-state index contributed by atoms with van der Waals surface area (Å²) in [5.74, 6) is -0.763. The quantitative estimate of drug-likeness (QED) is 0.840. The SMILES string of the molecule is CO[C@@H]1CCN(C(=O)c2c(F)ccc(C)c2Br)C1. The Morgan fingerprint density at radius 2 is 2.28 bits per heavy atom. The van der Waals surface area contributed by atoms with Crippen molar-refractivity contribution in [2.45, 2.75) is 19.4 Å². The van der Waals surface area contributed by atoms with Crippen LogP contribution in [-0.4, -0.2) is 37.1 Å². The summed E-state index contributed by atoms with van der Waals surface area (Å²) in [6, 6.07) is 2.98. The fourth-order valence-electron chi connectivity index (χ4n) is 2.12. The van der Waals surface area contributed by atoms with E-state index in [1.807, 2.05) is 6.92 Å². The predicted octanol–water partition coefficient (Wildman–Crippen LogP) is 2.76. The van der Waals surface area contributed by atoms with E-state index >= 15 is 0 Å². The molecule has 1 aromatic carbocycles. The van der Waals surface area contributed by atoms with Crippen molar-refractivity contribution in [2.24, 2.45) is 0 Å². The van der Waals surface area contributed by atoms with Gasteiger partial charge in [-0.1, -0.05) is 6.07 Å². The lowest BCUT2D eigenvalue weighted by Crippen LogP contribution is -2.31. The van der Waals surface area contributed by atoms with Gasteiger partial charge < -0.3 is 9.64 Å². The van der Waals surface area contributed by atoms with Crippen molar-refractivity contribution < 1.29 is 13.9 Å². The second-order valence-corrected chi connectivity index (χ2v) is 5.24. The second kappa shape index (κ2) is 5.36. The topological polar surface area (TPSA) is 29.5 Å². The zero-order chi connectivity index (χ0) is 13.3. The first kappa shape index (κ1) is 13.5. The summed E-state index contributed by atoms with van der Waals surface area (Å²) in [7, 11) is 1.63. The van der Waals surface area contributed by atoms with E-state index in [2.05, 4.69) is 15.9 Å². The van der Waals surface area contributed by atoms with E-state index in [1.54, 1.807) is 18.1 Å². The Kier molecular flexibility index (Phi) is 4.02. The summed E-state index contributed by atoms with van der Waals surface area (Å²) in [6.45, 7) is 2.97. The van der Waals surface area contributed by atoms with Crippen molar-refractivity contribution in [2.75, 3.05) is 20.2 Å². The predicted molar refractivity (Wildman–Crippen MR) is 70.2 cm³/mol. The molecular formula is C13H15BrFNO2. The van der Waals surface area contributed by atoms with Gasteiger partial charge in [0.2, 0.25) is 0 Å². The summed E-state index contributed by atoms with van der Waals surface area (Å²) >= 11 is 3.29. The number of carbonyl (C=O) groups is 1. The van der Waals surface area contributed by atoms with Gasteiger partial charge in [0.25, 0.3) is 5.91 Å². The third-order valence-corrected chi connectivity index (χ3v) is 4.29. The molecule has 5 heteroatoms. The van der Waals surface area contributed by atoms with E-state index in [1.165, 1.54) is 6.07 Å². The van der Waals surface area contributed by atoms with Gasteiger partial charge in [0, 0.05) is 24.7 Å². The molecule has 98 valence electrons. The first-order valence-electron chi connectivity index (χ1n) is 5.81. The van der Waals surface area contributed by atoms with E-state index in [4.69, 9.17) is 4.74 Å². The van der Waals surface area contributed by atoms with Crippen LogP contribution < -0.4 is 0 Å². The Morgan fingerprint density at radius 3 is 2.89 bits per heavy atom. The van der Waals surface area contributed by atoms with Crippen molar-refractivity contribution >= 4 is 21.8 Å². The molecule has 1 amide bonds. The number of methoxy groups -OCH3 is 1. The molecule has 18 heavy (non-hydrogen) atoms. The number of halogens is 2. The average Bonchev–Trinajstić information content (AvgIpc) is 2.83. The van der Waals surface area contributed by atoms with E-state index in [-0.39, 0.29) is 17.6 Å². The van der Waals surface area contributed by atoms with Crippen LogP contribution >= 0.6 is 15.9 Å². The molecule has 0 aliphatic carbocycles. The molecule has 1 aromatic rings. The molecule has 0 bridgehead atoms. The molecule has 1 aliphatic rings. The maximum atomic E-state index is 13.8. The number of aryl methyl sites for hydroxylation is 1. The Morgan fingerprint density at radius 1 is 1.56 bits per heavy atom. The Bertz CT molecular complexity index is 478. The van der Waals surface area contributed by atoms with Gasteiger partial charge in [-0.2, -0.15) is 0 Å². The van der Waals surface area contributed by atoms with Crippen LogP contribution in [0.1, 0.15) is 22.3 Å². The lowest BCUT2D eigenvalue weighted by Gasteiger charge is -2.18. The van der Waals surface area contributed by atoms with E-state index in [0.717, 1.165) is 12.0 Å². The van der Waals surface area contributed by atoms with Crippen LogP contribution in [0.3, 0.4) is 0 Å². The Labute approximate surface area is 114 Å². The van der Waals surface area contributed by atoms with Crippen LogP contribution in [-0.2, 0) is 4.74 Å². The first-order valence-corrected chi connectivity index (χ1v) is 6.60. The number of amides is 1. The van der Waals surface area contributed by atoms with Gasteiger partial charge >= 0.3 is 0 Å². The van der Waals surface area contributed by atoms with Crippen molar-refractivity contribution in [1.29, 1.82) is 0 Å². The summed E-state index contributed by atoms with van der Waals surface area (Å²) in [5, 5.41) is 0. The zero-order valence-electron chi connectivity index (χ0n) is 10.4. The highest BCUT2D eigenvalue weighted by Gasteiger charge is 2.29. The molecule has 1 fully saturated rings. The van der Waals surface area contributed by atoms with Gasteiger partial charge in [0.1, 0.15) is 5.82 Å². The lowest BCUT2D eigenvalue weighted by molar-refractivity contribution is 0.0719. The highest BCUT2D eigenvalue weighted by Crippen LogP contribution is 2.26. The van der Waals surface area contributed by atoms with Gasteiger partial charge in [-0.3, -0.25) is 4.79 Å². The molecular weight excluding hydrogens is 301 g/mol. The second-order valence-electron chi connectivity index (χ2n) is 4.45. The number of carbonyl (C=O) groups excluding carboxylic acids is 1. The standard InChI is InChI=1S/C13H15BrFNO2/c1-8-3-4-10(15)11(12(8)14)13(17)16-6-5-9(7-16)18-2/h3-4,9H,5-7H2,1-2H3/t9-/m1/s1. The molecule has 2 rings (SSSR count). The minimum absolute atomic E-state index is 0.0561. The number of hydrogen-bond acceptors (Lipinski definition) is 2. The summed E-state index contributed by atoms with van der Waals surface area (Å²) in [6.07, 6.45) is 0.855. The summed E-state index contributed by atoms with van der Waals surface area (Å²) in [5.41, 5.74) is 0.967. The van der Waals surface area contributed by atoms with Gasteiger partial charge in [-0.15, -0.1) is 0 Å². The van der Waals surface area contributed by atoms with Crippen LogP contribution in [0.25, 0.3) is 0 Å². The van der Waals surface area contributed by atoms with Crippen molar-refractivity contribution in [3.63, 3.8) is 0 Å². The summed E-state index contributed by atoms with van der Waals surface area (Å²) < 4.78 is 19.6. The molecule has 1 aliphatic heterocycles. The Balaban J connectivity index is 2.27. The van der Waals surface area contributed by atoms with Crippen LogP contribution in [0.5, 0.6) is 0 Å². The summed E-state index contributed by atoms with van der Waals surface area (Å²) in [4.78, 5) is 13.9. The largest absolute Gasteiger partial charge is 0.380 e. The maximum Gasteiger partial charge on any atom is 0.258 e. The Hall–Kier alpha value is -0.940. The number of hydrogen-bond donors (Lipinski definition) is 0. The minimum atomic E-state index is -0.488. The molecule has 1 heterocycles. The zero-order valence-corrected chi connectivity index (χ0v) is 12.0. The number of rotatable bonds is 2. The molecule has 0 N–H and O–H groups in total.